The molecule has 1 heterocycles. The van der Waals surface area contributed by atoms with Crippen LogP contribution >= 0.6 is 0 Å². The summed E-state index contributed by atoms with van der Waals surface area (Å²) in [7, 11) is 1.60. The Hall–Kier alpha value is -3.09. The molecule has 0 spiro atoms. The molecule has 2 amide bonds. The standard InChI is InChI=1S/C22H25FN2O4/c1-28-18-6-4-5-16(13-18)14-25-15-17(9-10-21(25)26)22(27)24-11-12-29-20-8-3-2-7-19(20)23/h2-8,13,17H,9-12,14-15H2,1H3,(H,24,27)/t17-/m0/s1. The van der Waals surface area contributed by atoms with Gasteiger partial charge >= 0.3 is 0 Å². The van der Waals surface area contributed by atoms with Gasteiger partial charge in [-0.05, 0) is 36.2 Å². The minimum absolute atomic E-state index is 0.0414. The van der Waals surface area contributed by atoms with Crippen LogP contribution in [-0.4, -0.2) is 43.5 Å². The number of halogens is 1. The number of methoxy groups -OCH3 is 1. The lowest BCUT2D eigenvalue weighted by Gasteiger charge is -2.32. The maximum atomic E-state index is 13.5. The number of carbonyl (C=O) groups is 2. The zero-order valence-electron chi connectivity index (χ0n) is 16.4. The lowest BCUT2D eigenvalue weighted by Crippen LogP contribution is -2.45. The van der Waals surface area contributed by atoms with Gasteiger partial charge in [-0.2, -0.15) is 0 Å². The van der Waals surface area contributed by atoms with Crippen molar-refractivity contribution in [1.82, 2.24) is 10.2 Å². The fraction of sp³-hybridized carbons (Fsp3) is 0.364. The number of hydrogen-bond acceptors (Lipinski definition) is 4. The molecule has 7 heteroatoms. The van der Waals surface area contributed by atoms with Crippen molar-refractivity contribution in [3.05, 3.63) is 59.9 Å². The molecule has 0 aliphatic carbocycles. The molecule has 0 unspecified atom stereocenters. The quantitative estimate of drug-likeness (QED) is 0.692. The molecule has 1 N–H and O–H groups in total. The van der Waals surface area contributed by atoms with Gasteiger partial charge in [0.15, 0.2) is 11.6 Å². The molecule has 29 heavy (non-hydrogen) atoms. The smallest absolute Gasteiger partial charge is 0.225 e. The number of nitrogens with one attached hydrogen (secondary N) is 1. The SMILES string of the molecule is COc1cccc(CN2C[C@@H](C(=O)NCCOc3ccccc3F)CCC2=O)c1. The highest BCUT2D eigenvalue weighted by atomic mass is 19.1. The Morgan fingerprint density at radius 2 is 2.07 bits per heavy atom. The molecule has 154 valence electrons. The molecule has 2 aromatic rings. The Morgan fingerprint density at radius 3 is 2.86 bits per heavy atom. The van der Waals surface area contributed by atoms with Crippen LogP contribution in [0.3, 0.4) is 0 Å². The maximum Gasteiger partial charge on any atom is 0.225 e. The summed E-state index contributed by atoms with van der Waals surface area (Å²) in [5, 5.41) is 2.82. The summed E-state index contributed by atoms with van der Waals surface area (Å²) in [6.07, 6.45) is 0.862. The lowest BCUT2D eigenvalue weighted by atomic mass is 9.96. The Kier molecular flexibility index (Phi) is 7.05. The van der Waals surface area contributed by atoms with Crippen LogP contribution in [0.5, 0.6) is 11.5 Å². The Bertz CT molecular complexity index is 858. The van der Waals surface area contributed by atoms with E-state index < -0.39 is 5.82 Å². The zero-order chi connectivity index (χ0) is 20.6. The van der Waals surface area contributed by atoms with E-state index in [1.165, 1.54) is 6.07 Å². The van der Waals surface area contributed by atoms with Crippen LogP contribution in [0.2, 0.25) is 0 Å². The molecule has 1 saturated heterocycles. The van der Waals surface area contributed by atoms with E-state index in [-0.39, 0.29) is 36.6 Å². The molecule has 0 aromatic heterocycles. The average molecular weight is 400 g/mol. The Balaban J connectivity index is 1.48. The van der Waals surface area contributed by atoms with Gasteiger partial charge in [-0.3, -0.25) is 9.59 Å². The summed E-state index contributed by atoms with van der Waals surface area (Å²) in [5.74, 6) is 0.111. The number of benzene rings is 2. The van der Waals surface area contributed by atoms with E-state index in [1.807, 2.05) is 24.3 Å². The van der Waals surface area contributed by atoms with E-state index in [9.17, 15) is 14.0 Å². The first-order valence-electron chi connectivity index (χ1n) is 9.62. The molecular weight excluding hydrogens is 375 g/mol. The molecule has 1 atom stereocenters. The first-order valence-corrected chi connectivity index (χ1v) is 9.62. The van der Waals surface area contributed by atoms with E-state index in [4.69, 9.17) is 9.47 Å². The molecule has 6 nitrogen and oxygen atoms in total. The third-order valence-electron chi connectivity index (χ3n) is 4.87. The summed E-state index contributed by atoms with van der Waals surface area (Å²) in [4.78, 5) is 26.5. The normalized spacial score (nSPS) is 16.4. The van der Waals surface area contributed by atoms with Crippen LogP contribution in [0, 0.1) is 11.7 Å². The number of para-hydroxylation sites is 1. The van der Waals surface area contributed by atoms with E-state index in [1.54, 1.807) is 30.2 Å². The lowest BCUT2D eigenvalue weighted by molar-refractivity contribution is -0.138. The second-order valence-corrected chi connectivity index (χ2v) is 6.93. The van der Waals surface area contributed by atoms with Crippen LogP contribution in [0.25, 0.3) is 0 Å². The predicted octanol–water partition coefficient (Wildman–Crippen LogP) is 2.77. The van der Waals surface area contributed by atoms with E-state index >= 15 is 0 Å². The Labute approximate surface area is 169 Å². The monoisotopic (exact) mass is 400 g/mol. The number of piperidine rings is 1. The first kappa shape index (κ1) is 20.6. The second kappa shape index (κ2) is 9.91. The number of amides is 2. The highest BCUT2D eigenvalue weighted by molar-refractivity contribution is 5.83. The van der Waals surface area contributed by atoms with Gasteiger partial charge in [-0.1, -0.05) is 24.3 Å². The van der Waals surface area contributed by atoms with Crippen molar-refractivity contribution in [3.8, 4) is 11.5 Å². The fourth-order valence-electron chi connectivity index (χ4n) is 3.31. The fourth-order valence-corrected chi connectivity index (χ4v) is 3.31. The molecular formula is C22H25FN2O4. The van der Waals surface area contributed by atoms with Gasteiger partial charge in [0.25, 0.3) is 0 Å². The van der Waals surface area contributed by atoms with Gasteiger partial charge in [0.1, 0.15) is 12.4 Å². The summed E-state index contributed by atoms with van der Waals surface area (Å²) < 4.78 is 24.1. The predicted molar refractivity (Wildman–Crippen MR) is 106 cm³/mol. The second-order valence-electron chi connectivity index (χ2n) is 6.93. The number of hydrogen-bond donors (Lipinski definition) is 1. The highest BCUT2D eigenvalue weighted by Gasteiger charge is 2.30. The first-order chi connectivity index (χ1) is 14.1. The topological polar surface area (TPSA) is 67.9 Å². The van der Waals surface area contributed by atoms with E-state index in [2.05, 4.69) is 5.32 Å². The highest BCUT2D eigenvalue weighted by Crippen LogP contribution is 2.22. The zero-order valence-corrected chi connectivity index (χ0v) is 16.4. The minimum Gasteiger partial charge on any atom is -0.497 e. The number of nitrogens with zero attached hydrogens (tertiary/aromatic N) is 1. The van der Waals surface area contributed by atoms with E-state index in [0.29, 0.717) is 25.9 Å². The molecule has 2 aromatic carbocycles. The number of carbonyl (C=O) groups excluding carboxylic acids is 2. The number of ether oxygens (including phenoxy) is 2. The van der Waals surface area contributed by atoms with Gasteiger partial charge in [-0.25, -0.2) is 4.39 Å². The van der Waals surface area contributed by atoms with Crippen LogP contribution in [0.1, 0.15) is 18.4 Å². The number of rotatable bonds is 8. The summed E-state index contributed by atoms with van der Waals surface area (Å²) in [6.45, 7) is 1.26. The van der Waals surface area contributed by atoms with Gasteiger partial charge in [0.2, 0.25) is 11.8 Å². The van der Waals surface area contributed by atoms with Crippen molar-refractivity contribution in [2.24, 2.45) is 5.92 Å². The number of likely N-dealkylation sites (tertiary alicyclic amines) is 1. The molecule has 1 aliphatic heterocycles. The van der Waals surface area contributed by atoms with Crippen molar-refractivity contribution in [2.45, 2.75) is 19.4 Å². The van der Waals surface area contributed by atoms with E-state index in [0.717, 1.165) is 11.3 Å². The third-order valence-corrected chi connectivity index (χ3v) is 4.87. The van der Waals surface area contributed by atoms with Crippen molar-refractivity contribution in [2.75, 3.05) is 26.8 Å². The van der Waals surface area contributed by atoms with Crippen molar-refractivity contribution in [3.63, 3.8) is 0 Å². The summed E-state index contributed by atoms with van der Waals surface area (Å²) >= 11 is 0. The Morgan fingerprint density at radius 1 is 1.24 bits per heavy atom. The molecule has 0 saturated carbocycles. The molecule has 3 rings (SSSR count). The van der Waals surface area contributed by atoms with Crippen LogP contribution in [-0.2, 0) is 16.1 Å². The van der Waals surface area contributed by atoms with Gasteiger partial charge < -0.3 is 19.7 Å². The van der Waals surface area contributed by atoms with Crippen molar-refractivity contribution >= 4 is 11.8 Å². The molecule has 0 bridgehead atoms. The van der Waals surface area contributed by atoms with Crippen LogP contribution < -0.4 is 14.8 Å². The van der Waals surface area contributed by atoms with Gasteiger partial charge in [0.05, 0.1) is 19.6 Å². The third kappa shape index (κ3) is 5.70. The average Bonchev–Trinajstić information content (AvgIpc) is 2.74. The molecule has 0 radical (unpaired) electrons. The van der Waals surface area contributed by atoms with Gasteiger partial charge in [0, 0.05) is 19.5 Å². The largest absolute Gasteiger partial charge is 0.497 e. The molecule has 1 fully saturated rings. The van der Waals surface area contributed by atoms with Crippen LogP contribution in [0.15, 0.2) is 48.5 Å². The summed E-state index contributed by atoms with van der Waals surface area (Å²) in [6, 6.07) is 13.7. The van der Waals surface area contributed by atoms with Crippen LogP contribution in [0.4, 0.5) is 4.39 Å². The molecule has 1 aliphatic rings. The minimum atomic E-state index is -0.433. The van der Waals surface area contributed by atoms with Crippen molar-refractivity contribution in [1.29, 1.82) is 0 Å². The van der Waals surface area contributed by atoms with Gasteiger partial charge in [-0.15, -0.1) is 0 Å². The maximum absolute atomic E-state index is 13.5. The van der Waals surface area contributed by atoms with Crippen molar-refractivity contribution < 1.29 is 23.5 Å². The summed E-state index contributed by atoms with van der Waals surface area (Å²) in [5.41, 5.74) is 0.956.